The Bertz CT molecular complexity index is 521. The van der Waals surface area contributed by atoms with Crippen LogP contribution in [0.4, 0.5) is 0 Å². The summed E-state index contributed by atoms with van der Waals surface area (Å²) in [6.45, 7) is 0. The van der Waals surface area contributed by atoms with Gasteiger partial charge in [0, 0.05) is 0 Å². The first-order valence-corrected chi connectivity index (χ1v) is 8.08. The second kappa shape index (κ2) is 5.09. The third-order valence-corrected chi connectivity index (χ3v) is 5.27. The monoisotopic (exact) mass is 262 g/mol. The molecule has 102 valence electrons. The Labute approximate surface area is 121 Å². The summed E-state index contributed by atoms with van der Waals surface area (Å²) in [7, 11) is 0. The molecule has 2 aromatic carbocycles. The van der Waals surface area contributed by atoms with E-state index in [1.165, 1.54) is 49.7 Å². The van der Waals surface area contributed by atoms with E-state index in [1.54, 1.807) is 11.1 Å². The SMILES string of the molecule is c1cc2ccc1CCCCc1ccc(cc1)[C@@H]1CC[C@H]21. The Morgan fingerprint density at radius 2 is 0.950 bits per heavy atom. The van der Waals surface area contributed by atoms with Gasteiger partial charge in [0.25, 0.3) is 0 Å². The van der Waals surface area contributed by atoms with Crippen molar-refractivity contribution in [2.24, 2.45) is 0 Å². The van der Waals surface area contributed by atoms with Gasteiger partial charge >= 0.3 is 0 Å². The Morgan fingerprint density at radius 1 is 0.550 bits per heavy atom. The molecule has 0 aromatic heterocycles. The van der Waals surface area contributed by atoms with Crippen molar-refractivity contribution in [1.82, 2.24) is 0 Å². The predicted molar refractivity (Wildman–Crippen MR) is 84.2 cm³/mol. The lowest BCUT2D eigenvalue weighted by molar-refractivity contribution is 0.346. The van der Waals surface area contributed by atoms with Crippen LogP contribution in [-0.4, -0.2) is 0 Å². The maximum absolute atomic E-state index is 2.38. The highest BCUT2D eigenvalue weighted by atomic mass is 14.4. The predicted octanol–water partition coefficient (Wildman–Crippen LogP) is 5.23. The fraction of sp³-hybridized carbons (Fsp3) is 0.400. The van der Waals surface area contributed by atoms with Gasteiger partial charge in [0.1, 0.15) is 0 Å². The van der Waals surface area contributed by atoms with Crippen molar-refractivity contribution >= 4 is 0 Å². The van der Waals surface area contributed by atoms with Gasteiger partial charge in [0.15, 0.2) is 0 Å². The van der Waals surface area contributed by atoms with Crippen LogP contribution in [0.3, 0.4) is 0 Å². The Hall–Kier alpha value is -1.56. The molecule has 1 saturated carbocycles. The molecule has 2 atom stereocenters. The molecule has 0 saturated heterocycles. The molecule has 5 aliphatic rings. The van der Waals surface area contributed by atoms with E-state index < -0.39 is 0 Å². The summed E-state index contributed by atoms with van der Waals surface area (Å²) in [5, 5.41) is 0. The molecule has 0 spiro atoms. The molecule has 1 fully saturated rings. The zero-order chi connectivity index (χ0) is 13.4. The molecule has 0 amide bonds. The maximum Gasteiger partial charge on any atom is -0.00929 e. The lowest BCUT2D eigenvalue weighted by atomic mass is 9.67. The van der Waals surface area contributed by atoms with E-state index in [0.29, 0.717) is 0 Å². The highest BCUT2D eigenvalue weighted by Crippen LogP contribution is 2.49. The van der Waals surface area contributed by atoms with E-state index in [9.17, 15) is 0 Å². The van der Waals surface area contributed by atoms with E-state index in [1.807, 2.05) is 0 Å². The van der Waals surface area contributed by atoms with Crippen LogP contribution in [0.25, 0.3) is 0 Å². The molecule has 4 bridgehead atoms. The summed E-state index contributed by atoms with van der Waals surface area (Å²) < 4.78 is 0. The number of rotatable bonds is 0. The Morgan fingerprint density at radius 3 is 1.30 bits per heavy atom. The molecule has 2 aromatic rings. The minimum absolute atomic E-state index is 0.748. The largest absolute Gasteiger partial charge is 0.0588 e. The molecule has 5 aliphatic carbocycles. The van der Waals surface area contributed by atoms with E-state index in [0.717, 1.165) is 11.8 Å². The highest BCUT2D eigenvalue weighted by molar-refractivity contribution is 5.35. The Balaban J connectivity index is 1.71. The van der Waals surface area contributed by atoms with Crippen LogP contribution in [-0.2, 0) is 12.8 Å². The second-order valence-corrected chi connectivity index (χ2v) is 6.48. The maximum atomic E-state index is 2.38. The van der Waals surface area contributed by atoms with Gasteiger partial charge in [-0.15, -0.1) is 0 Å². The van der Waals surface area contributed by atoms with Gasteiger partial charge < -0.3 is 0 Å². The topological polar surface area (TPSA) is 0 Å². The van der Waals surface area contributed by atoms with Crippen molar-refractivity contribution in [3.63, 3.8) is 0 Å². The van der Waals surface area contributed by atoms with Gasteiger partial charge in [0.05, 0.1) is 0 Å². The lowest BCUT2D eigenvalue weighted by Crippen LogP contribution is -2.21. The zero-order valence-electron chi connectivity index (χ0n) is 12.0. The van der Waals surface area contributed by atoms with Crippen molar-refractivity contribution in [2.45, 2.75) is 50.4 Å². The van der Waals surface area contributed by atoms with Gasteiger partial charge in [-0.2, -0.15) is 0 Å². The normalized spacial score (nSPS) is 24.8. The fourth-order valence-corrected chi connectivity index (χ4v) is 3.82. The van der Waals surface area contributed by atoms with Crippen LogP contribution in [0.5, 0.6) is 0 Å². The van der Waals surface area contributed by atoms with Crippen molar-refractivity contribution in [2.75, 3.05) is 0 Å². The van der Waals surface area contributed by atoms with E-state index in [4.69, 9.17) is 0 Å². The lowest BCUT2D eigenvalue weighted by Gasteiger charge is -2.37. The number of benzene rings is 2. The third kappa shape index (κ3) is 2.18. The summed E-state index contributed by atoms with van der Waals surface area (Å²) >= 11 is 0. The molecule has 0 nitrogen and oxygen atoms in total. The molecular weight excluding hydrogens is 240 g/mol. The molecule has 0 N–H and O–H groups in total. The first-order chi connectivity index (χ1) is 9.90. The smallest absolute Gasteiger partial charge is 0.00929 e. The molecule has 20 heavy (non-hydrogen) atoms. The summed E-state index contributed by atoms with van der Waals surface area (Å²) in [5.74, 6) is 1.50. The zero-order valence-corrected chi connectivity index (χ0v) is 12.0. The van der Waals surface area contributed by atoms with Crippen LogP contribution in [0.2, 0.25) is 0 Å². The summed E-state index contributed by atoms with van der Waals surface area (Å²) in [6.07, 6.45) is 7.76. The van der Waals surface area contributed by atoms with Crippen LogP contribution in [0, 0.1) is 0 Å². The summed E-state index contributed by atoms with van der Waals surface area (Å²) in [4.78, 5) is 0. The standard InChI is InChI=1S/C20H22/c1-2-4-16-7-11-18(12-8-16)20-14-13-19(20)17-9-5-15(3-1)6-10-17/h5-12,19-20H,1-4,13-14H2/t19-,20+. The van der Waals surface area contributed by atoms with Gasteiger partial charge in [0.2, 0.25) is 0 Å². The van der Waals surface area contributed by atoms with Crippen LogP contribution in [0.1, 0.15) is 59.8 Å². The molecular formula is C20H22. The Kier molecular flexibility index (Phi) is 3.10. The highest BCUT2D eigenvalue weighted by Gasteiger charge is 2.33. The van der Waals surface area contributed by atoms with E-state index in [2.05, 4.69) is 48.5 Å². The third-order valence-electron chi connectivity index (χ3n) is 5.27. The average molecular weight is 262 g/mol. The summed E-state index contributed by atoms with van der Waals surface area (Å²) in [5.41, 5.74) is 6.11. The average Bonchev–Trinajstić information content (AvgIpc) is 2.45. The first-order valence-electron chi connectivity index (χ1n) is 8.08. The fourth-order valence-electron chi connectivity index (χ4n) is 3.82. The molecule has 0 unspecified atom stereocenters. The van der Waals surface area contributed by atoms with Crippen molar-refractivity contribution in [1.29, 1.82) is 0 Å². The van der Waals surface area contributed by atoms with Crippen molar-refractivity contribution in [3.05, 3.63) is 70.8 Å². The molecule has 0 heterocycles. The first kappa shape index (κ1) is 12.2. The van der Waals surface area contributed by atoms with Gasteiger partial charge in [-0.1, -0.05) is 48.5 Å². The van der Waals surface area contributed by atoms with Crippen LogP contribution in [0.15, 0.2) is 48.5 Å². The minimum Gasteiger partial charge on any atom is -0.0588 e. The molecule has 0 aliphatic heterocycles. The van der Waals surface area contributed by atoms with Crippen molar-refractivity contribution < 1.29 is 0 Å². The quantitative estimate of drug-likeness (QED) is 0.610. The van der Waals surface area contributed by atoms with Crippen molar-refractivity contribution in [3.8, 4) is 0 Å². The van der Waals surface area contributed by atoms with Gasteiger partial charge in [-0.05, 0) is 72.6 Å². The van der Waals surface area contributed by atoms with Gasteiger partial charge in [-0.25, -0.2) is 0 Å². The minimum atomic E-state index is 0.748. The van der Waals surface area contributed by atoms with Gasteiger partial charge in [-0.3, -0.25) is 0 Å². The second-order valence-electron chi connectivity index (χ2n) is 6.48. The number of hydrogen-bond donors (Lipinski definition) is 0. The summed E-state index contributed by atoms with van der Waals surface area (Å²) in [6, 6.07) is 19.0. The van der Waals surface area contributed by atoms with Crippen LogP contribution < -0.4 is 0 Å². The van der Waals surface area contributed by atoms with E-state index >= 15 is 0 Å². The molecule has 7 rings (SSSR count). The molecule has 0 radical (unpaired) electrons. The van der Waals surface area contributed by atoms with E-state index in [-0.39, 0.29) is 0 Å². The number of hydrogen-bond acceptors (Lipinski definition) is 0. The molecule has 0 heteroatoms. The number of aryl methyl sites for hydroxylation is 2. The van der Waals surface area contributed by atoms with Crippen LogP contribution >= 0.6 is 0 Å².